The number of hydrogen-bond donors (Lipinski definition) is 2. The summed E-state index contributed by atoms with van der Waals surface area (Å²) < 4.78 is 0.860. The molecule has 0 atom stereocenters. The molecule has 7 heteroatoms. The van der Waals surface area contributed by atoms with E-state index in [1.165, 1.54) is 6.20 Å². The number of halogens is 3. The first-order valence-corrected chi connectivity index (χ1v) is 6.53. The highest BCUT2D eigenvalue weighted by Gasteiger charge is 2.08. The van der Waals surface area contributed by atoms with Gasteiger partial charge in [0, 0.05) is 9.50 Å². The molecular weight excluding hydrogens is 339 g/mol. The van der Waals surface area contributed by atoms with Gasteiger partial charge in [0.2, 0.25) is 5.28 Å². The first kappa shape index (κ1) is 13.4. The van der Waals surface area contributed by atoms with E-state index in [0.29, 0.717) is 16.5 Å². The van der Waals surface area contributed by atoms with Crippen molar-refractivity contribution >= 4 is 56.3 Å². The minimum Gasteiger partial charge on any atom is -0.394 e. The summed E-state index contributed by atoms with van der Waals surface area (Å²) in [6.07, 6.45) is 1.45. The molecule has 1 aromatic heterocycles. The molecule has 4 nitrogen and oxygen atoms in total. The van der Waals surface area contributed by atoms with Crippen molar-refractivity contribution in [2.45, 2.75) is 6.92 Å². The number of rotatable bonds is 2. The molecule has 18 heavy (non-hydrogen) atoms. The molecule has 1 aromatic carbocycles. The minimum absolute atomic E-state index is 0.126. The van der Waals surface area contributed by atoms with Crippen LogP contribution in [-0.4, -0.2) is 9.97 Å². The molecule has 3 N–H and O–H groups in total. The molecule has 0 aliphatic heterocycles. The van der Waals surface area contributed by atoms with Crippen LogP contribution in [0.25, 0.3) is 0 Å². The SMILES string of the molecule is Cc1cc(Br)c(Nc2nc(Cl)ncc2N)cc1Cl. The van der Waals surface area contributed by atoms with E-state index >= 15 is 0 Å². The first-order valence-electron chi connectivity index (χ1n) is 4.98. The lowest BCUT2D eigenvalue weighted by atomic mass is 10.2. The van der Waals surface area contributed by atoms with Gasteiger partial charge in [0.1, 0.15) is 0 Å². The van der Waals surface area contributed by atoms with Gasteiger partial charge in [-0.05, 0) is 52.2 Å². The highest BCUT2D eigenvalue weighted by atomic mass is 79.9. The minimum atomic E-state index is 0.126. The quantitative estimate of drug-likeness (QED) is 0.800. The molecule has 0 amide bonds. The van der Waals surface area contributed by atoms with Crippen LogP contribution in [0.3, 0.4) is 0 Å². The van der Waals surface area contributed by atoms with Gasteiger partial charge in [-0.2, -0.15) is 4.98 Å². The highest BCUT2D eigenvalue weighted by Crippen LogP contribution is 2.32. The average molecular weight is 348 g/mol. The fourth-order valence-electron chi connectivity index (χ4n) is 1.34. The van der Waals surface area contributed by atoms with Gasteiger partial charge in [0.15, 0.2) is 5.82 Å². The predicted octanol–water partition coefficient (Wildman–Crippen LogP) is 4.18. The van der Waals surface area contributed by atoms with E-state index < -0.39 is 0 Å². The number of nitrogen functional groups attached to an aromatic ring is 1. The van der Waals surface area contributed by atoms with Crippen molar-refractivity contribution in [3.05, 3.63) is 38.7 Å². The van der Waals surface area contributed by atoms with Crippen molar-refractivity contribution in [2.75, 3.05) is 11.1 Å². The fraction of sp³-hybridized carbons (Fsp3) is 0.0909. The van der Waals surface area contributed by atoms with Crippen molar-refractivity contribution in [3.63, 3.8) is 0 Å². The van der Waals surface area contributed by atoms with Crippen LogP contribution in [-0.2, 0) is 0 Å². The molecule has 0 unspecified atom stereocenters. The maximum Gasteiger partial charge on any atom is 0.224 e. The number of benzene rings is 1. The summed E-state index contributed by atoms with van der Waals surface area (Å²) in [7, 11) is 0. The topological polar surface area (TPSA) is 63.8 Å². The van der Waals surface area contributed by atoms with Gasteiger partial charge >= 0.3 is 0 Å². The Morgan fingerprint density at radius 2 is 2.06 bits per heavy atom. The summed E-state index contributed by atoms with van der Waals surface area (Å²) in [5.74, 6) is 0.440. The summed E-state index contributed by atoms with van der Waals surface area (Å²) in [4.78, 5) is 7.80. The second-order valence-corrected chi connectivity index (χ2v) is 5.25. The van der Waals surface area contributed by atoms with Crippen molar-refractivity contribution in [2.24, 2.45) is 0 Å². The van der Waals surface area contributed by atoms with Gasteiger partial charge in [-0.15, -0.1) is 0 Å². The number of nitrogens with two attached hydrogens (primary N) is 1. The zero-order valence-corrected chi connectivity index (χ0v) is 12.4. The molecule has 0 aliphatic carbocycles. The highest BCUT2D eigenvalue weighted by molar-refractivity contribution is 9.10. The zero-order chi connectivity index (χ0) is 13.3. The predicted molar refractivity (Wildman–Crippen MR) is 78.6 cm³/mol. The Bertz CT molecular complexity index is 604. The van der Waals surface area contributed by atoms with Crippen LogP contribution in [0.1, 0.15) is 5.56 Å². The van der Waals surface area contributed by atoms with E-state index in [-0.39, 0.29) is 5.28 Å². The van der Waals surface area contributed by atoms with E-state index in [1.807, 2.05) is 13.0 Å². The Morgan fingerprint density at radius 3 is 2.78 bits per heavy atom. The van der Waals surface area contributed by atoms with Crippen molar-refractivity contribution in [3.8, 4) is 0 Å². The molecule has 0 saturated heterocycles. The molecule has 94 valence electrons. The van der Waals surface area contributed by atoms with Crippen molar-refractivity contribution < 1.29 is 0 Å². The lowest BCUT2D eigenvalue weighted by Gasteiger charge is -2.11. The van der Waals surface area contributed by atoms with Gasteiger partial charge < -0.3 is 11.1 Å². The van der Waals surface area contributed by atoms with Crippen LogP contribution in [0.4, 0.5) is 17.2 Å². The van der Waals surface area contributed by atoms with Crippen LogP contribution in [0, 0.1) is 6.92 Å². The van der Waals surface area contributed by atoms with Crippen molar-refractivity contribution in [1.29, 1.82) is 0 Å². The molecule has 0 aliphatic rings. The second-order valence-electron chi connectivity index (χ2n) is 3.65. The number of aryl methyl sites for hydroxylation is 1. The summed E-state index contributed by atoms with van der Waals surface area (Å²) in [5, 5.41) is 3.84. The molecular formula is C11H9BrCl2N4. The van der Waals surface area contributed by atoms with E-state index in [4.69, 9.17) is 28.9 Å². The summed E-state index contributed by atoms with van der Waals surface area (Å²) in [5.41, 5.74) is 7.90. The lowest BCUT2D eigenvalue weighted by molar-refractivity contribution is 1.17. The Balaban J connectivity index is 2.40. The number of hydrogen-bond acceptors (Lipinski definition) is 4. The van der Waals surface area contributed by atoms with E-state index in [1.54, 1.807) is 6.07 Å². The first-order chi connectivity index (χ1) is 8.47. The summed E-state index contributed by atoms with van der Waals surface area (Å²) in [6, 6.07) is 3.69. The maximum atomic E-state index is 6.07. The number of anilines is 3. The van der Waals surface area contributed by atoms with Crippen LogP contribution in [0.5, 0.6) is 0 Å². The number of nitrogens with zero attached hydrogens (tertiary/aromatic N) is 2. The third-order valence-corrected chi connectivity index (χ3v) is 3.53. The zero-order valence-electron chi connectivity index (χ0n) is 9.34. The molecule has 0 radical (unpaired) electrons. The van der Waals surface area contributed by atoms with Gasteiger partial charge in [-0.3, -0.25) is 0 Å². The van der Waals surface area contributed by atoms with Gasteiger partial charge in [0.25, 0.3) is 0 Å². The molecule has 0 bridgehead atoms. The number of nitrogens with one attached hydrogen (secondary N) is 1. The fourth-order valence-corrected chi connectivity index (χ4v) is 2.19. The Hall–Kier alpha value is -1.04. The molecule has 0 fully saturated rings. The van der Waals surface area contributed by atoms with Gasteiger partial charge in [-0.1, -0.05) is 11.6 Å². The average Bonchev–Trinajstić information content (AvgIpc) is 2.30. The Kier molecular flexibility index (Phi) is 3.94. The number of aromatic nitrogens is 2. The van der Waals surface area contributed by atoms with Crippen LogP contribution in [0.15, 0.2) is 22.8 Å². The largest absolute Gasteiger partial charge is 0.394 e. The van der Waals surface area contributed by atoms with E-state index in [0.717, 1.165) is 15.7 Å². The molecule has 1 heterocycles. The van der Waals surface area contributed by atoms with Crippen molar-refractivity contribution in [1.82, 2.24) is 9.97 Å². The molecule has 2 aromatic rings. The van der Waals surface area contributed by atoms with Crippen LogP contribution < -0.4 is 11.1 Å². The second kappa shape index (κ2) is 5.30. The van der Waals surface area contributed by atoms with Gasteiger partial charge in [0.05, 0.1) is 17.6 Å². The molecule has 2 rings (SSSR count). The summed E-state index contributed by atoms with van der Waals surface area (Å²) in [6.45, 7) is 1.92. The Morgan fingerprint density at radius 1 is 1.33 bits per heavy atom. The van der Waals surface area contributed by atoms with Gasteiger partial charge in [-0.25, -0.2) is 4.98 Å². The van der Waals surface area contributed by atoms with Crippen LogP contribution >= 0.6 is 39.1 Å². The Labute approximate surface area is 123 Å². The monoisotopic (exact) mass is 346 g/mol. The standard InChI is InChI=1S/C11H9BrCl2N4/c1-5-2-6(12)9(3-7(5)13)17-10-8(15)4-16-11(14)18-10/h2-4H,15H2,1H3,(H,16,17,18). The maximum absolute atomic E-state index is 6.07. The summed E-state index contributed by atoms with van der Waals surface area (Å²) >= 11 is 15.2. The third-order valence-electron chi connectivity index (χ3n) is 2.29. The van der Waals surface area contributed by atoms with E-state index in [9.17, 15) is 0 Å². The molecule has 0 saturated carbocycles. The lowest BCUT2D eigenvalue weighted by Crippen LogP contribution is -2.01. The normalized spacial score (nSPS) is 10.4. The van der Waals surface area contributed by atoms with E-state index in [2.05, 4.69) is 31.2 Å². The molecule has 0 spiro atoms. The smallest absolute Gasteiger partial charge is 0.224 e. The van der Waals surface area contributed by atoms with Crippen LogP contribution in [0.2, 0.25) is 10.3 Å². The third kappa shape index (κ3) is 2.85.